The molecule has 5 nitrogen and oxygen atoms in total. The Morgan fingerprint density at radius 3 is 2.37 bits per heavy atom. The van der Waals surface area contributed by atoms with Gasteiger partial charge in [-0.1, -0.05) is 18.2 Å². The van der Waals surface area contributed by atoms with Crippen molar-refractivity contribution in [2.24, 2.45) is 17.8 Å². The van der Waals surface area contributed by atoms with Gasteiger partial charge in [0.15, 0.2) is 0 Å². The van der Waals surface area contributed by atoms with E-state index in [9.17, 15) is 4.79 Å². The molecule has 5 fully saturated rings. The van der Waals surface area contributed by atoms with Gasteiger partial charge in [-0.15, -0.1) is 0 Å². The molecule has 4 aliphatic carbocycles. The Hall–Kier alpha value is -1.85. The Morgan fingerprint density at radius 2 is 1.67 bits per heavy atom. The van der Waals surface area contributed by atoms with Gasteiger partial charge in [0, 0.05) is 48.8 Å². The summed E-state index contributed by atoms with van der Waals surface area (Å²) in [6, 6.07) is 8.38. The number of para-hydroxylation sites is 1. The van der Waals surface area contributed by atoms with Crippen LogP contribution in [0.15, 0.2) is 30.5 Å². The number of aromatic nitrogens is 1. The lowest BCUT2D eigenvalue weighted by molar-refractivity contribution is -0.0166. The second-order valence-electron chi connectivity index (χ2n) is 10.4. The molecular weight excluding hydrogens is 374 g/mol. The van der Waals surface area contributed by atoms with Crippen LogP contribution in [0.25, 0.3) is 10.9 Å². The van der Waals surface area contributed by atoms with Gasteiger partial charge in [0.25, 0.3) is 5.91 Å². The van der Waals surface area contributed by atoms with Gasteiger partial charge in [0.2, 0.25) is 0 Å². The fraction of sp³-hybridized carbons (Fsp3) is 0.640. The van der Waals surface area contributed by atoms with Gasteiger partial charge in [-0.2, -0.15) is 0 Å². The van der Waals surface area contributed by atoms with E-state index in [0.29, 0.717) is 0 Å². The van der Waals surface area contributed by atoms with Crippen LogP contribution in [0.2, 0.25) is 0 Å². The SMILES string of the molecule is O=C(NC12CC3CC(CC(C3)C1)C2)c1cn(CCN2CCOCC2)c2ccccc12. The van der Waals surface area contributed by atoms with Crippen LogP contribution >= 0.6 is 0 Å². The van der Waals surface area contributed by atoms with E-state index < -0.39 is 0 Å². The summed E-state index contributed by atoms with van der Waals surface area (Å²) in [5.74, 6) is 2.66. The number of benzene rings is 1. The summed E-state index contributed by atoms with van der Waals surface area (Å²) in [4.78, 5) is 16.0. The Balaban J connectivity index is 1.23. The molecular formula is C25H33N3O2. The third kappa shape index (κ3) is 3.36. The molecule has 160 valence electrons. The molecule has 1 aromatic heterocycles. The minimum atomic E-state index is 0.0584. The highest BCUT2D eigenvalue weighted by Crippen LogP contribution is 2.55. The smallest absolute Gasteiger partial charge is 0.253 e. The molecule has 7 rings (SSSR count). The summed E-state index contributed by atoms with van der Waals surface area (Å²) >= 11 is 0. The van der Waals surface area contributed by atoms with Crippen LogP contribution < -0.4 is 5.32 Å². The van der Waals surface area contributed by atoms with Crippen LogP contribution in [0.5, 0.6) is 0 Å². The number of ether oxygens (including phenoxy) is 1. The zero-order valence-corrected chi connectivity index (χ0v) is 17.8. The lowest BCUT2D eigenvalue weighted by Crippen LogP contribution is -2.59. The maximum atomic E-state index is 13.5. The van der Waals surface area contributed by atoms with Crippen molar-refractivity contribution in [2.45, 2.75) is 50.6 Å². The number of nitrogens with one attached hydrogen (secondary N) is 1. The highest BCUT2D eigenvalue weighted by molar-refractivity contribution is 6.07. The Labute approximate surface area is 178 Å². The first-order chi connectivity index (χ1) is 14.7. The maximum Gasteiger partial charge on any atom is 0.253 e. The molecule has 5 heteroatoms. The molecule has 4 bridgehead atoms. The van der Waals surface area contributed by atoms with Crippen LogP contribution in [0.4, 0.5) is 0 Å². The quantitative estimate of drug-likeness (QED) is 0.823. The molecule has 4 saturated carbocycles. The molecule has 2 aromatic rings. The van der Waals surface area contributed by atoms with Crippen molar-refractivity contribution >= 4 is 16.8 Å². The molecule has 2 heterocycles. The van der Waals surface area contributed by atoms with Crippen LogP contribution in [-0.2, 0) is 11.3 Å². The summed E-state index contributed by atoms with van der Waals surface area (Å²) in [6.07, 6.45) is 9.88. The Bertz CT molecular complexity index is 908. The van der Waals surface area contributed by atoms with E-state index in [0.717, 1.165) is 68.1 Å². The third-order valence-electron chi connectivity index (χ3n) is 8.21. The van der Waals surface area contributed by atoms with E-state index in [2.05, 4.69) is 45.2 Å². The number of hydrogen-bond acceptors (Lipinski definition) is 3. The molecule has 30 heavy (non-hydrogen) atoms. The first-order valence-electron chi connectivity index (χ1n) is 11.9. The fourth-order valence-electron chi connectivity index (χ4n) is 7.26. The van der Waals surface area contributed by atoms with Gasteiger partial charge in [0.1, 0.15) is 0 Å². The third-order valence-corrected chi connectivity index (χ3v) is 8.21. The van der Waals surface area contributed by atoms with Gasteiger partial charge < -0.3 is 14.6 Å². The van der Waals surface area contributed by atoms with E-state index in [4.69, 9.17) is 4.74 Å². The van der Waals surface area contributed by atoms with E-state index in [-0.39, 0.29) is 11.4 Å². The van der Waals surface area contributed by atoms with Gasteiger partial charge in [-0.05, 0) is 62.3 Å². The van der Waals surface area contributed by atoms with Crippen molar-refractivity contribution in [1.29, 1.82) is 0 Å². The molecule has 0 unspecified atom stereocenters. The predicted molar refractivity (Wildman–Crippen MR) is 118 cm³/mol. The van der Waals surface area contributed by atoms with Crippen LogP contribution in [0, 0.1) is 17.8 Å². The van der Waals surface area contributed by atoms with Crippen molar-refractivity contribution in [3.8, 4) is 0 Å². The predicted octanol–water partition coefficient (Wildman–Crippen LogP) is 3.67. The minimum absolute atomic E-state index is 0.0584. The zero-order valence-electron chi connectivity index (χ0n) is 17.8. The topological polar surface area (TPSA) is 46.5 Å². The normalized spacial score (nSPS) is 33.3. The summed E-state index contributed by atoms with van der Waals surface area (Å²) in [7, 11) is 0. The van der Waals surface area contributed by atoms with E-state index in [1.54, 1.807) is 0 Å². The summed E-state index contributed by atoms with van der Waals surface area (Å²) in [5, 5.41) is 4.66. The maximum absolute atomic E-state index is 13.5. The molecule has 0 atom stereocenters. The average molecular weight is 408 g/mol. The molecule has 1 aromatic carbocycles. The number of morpholine rings is 1. The Morgan fingerprint density at radius 1 is 1.00 bits per heavy atom. The van der Waals surface area contributed by atoms with Gasteiger partial charge in [0.05, 0.1) is 18.8 Å². The lowest BCUT2D eigenvalue weighted by atomic mass is 9.53. The summed E-state index contributed by atoms with van der Waals surface area (Å²) in [6.45, 7) is 5.55. The minimum Gasteiger partial charge on any atom is -0.379 e. The van der Waals surface area contributed by atoms with Crippen molar-refractivity contribution in [2.75, 3.05) is 32.8 Å². The molecule has 1 aliphatic heterocycles. The molecule has 1 N–H and O–H groups in total. The second kappa shape index (κ2) is 7.38. The lowest BCUT2D eigenvalue weighted by Gasteiger charge is -2.56. The molecule has 1 amide bonds. The first kappa shape index (κ1) is 18.9. The number of nitrogens with zero attached hydrogens (tertiary/aromatic N) is 2. The first-order valence-corrected chi connectivity index (χ1v) is 11.9. The average Bonchev–Trinajstić information content (AvgIpc) is 3.11. The number of hydrogen-bond donors (Lipinski definition) is 1. The number of amides is 1. The number of fused-ring (bicyclic) bond motifs is 1. The number of carbonyl (C=O) groups is 1. The fourth-order valence-corrected chi connectivity index (χ4v) is 7.26. The largest absolute Gasteiger partial charge is 0.379 e. The molecule has 0 spiro atoms. The molecule has 1 saturated heterocycles. The monoisotopic (exact) mass is 407 g/mol. The molecule has 5 aliphatic rings. The number of carbonyl (C=O) groups excluding carboxylic acids is 1. The zero-order chi connectivity index (χ0) is 20.1. The van der Waals surface area contributed by atoms with Gasteiger partial charge in [-0.3, -0.25) is 9.69 Å². The van der Waals surface area contributed by atoms with Crippen LogP contribution in [0.1, 0.15) is 48.9 Å². The van der Waals surface area contributed by atoms with Crippen LogP contribution in [0.3, 0.4) is 0 Å². The highest BCUT2D eigenvalue weighted by Gasteiger charge is 2.51. The molecule has 0 radical (unpaired) electrons. The van der Waals surface area contributed by atoms with Gasteiger partial charge in [-0.25, -0.2) is 0 Å². The van der Waals surface area contributed by atoms with Crippen LogP contribution in [-0.4, -0.2) is 53.8 Å². The summed E-state index contributed by atoms with van der Waals surface area (Å²) < 4.78 is 7.75. The van der Waals surface area contributed by atoms with E-state index in [1.807, 2.05) is 0 Å². The number of rotatable bonds is 5. The van der Waals surface area contributed by atoms with Gasteiger partial charge >= 0.3 is 0 Å². The van der Waals surface area contributed by atoms with E-state index >= 15 is 0 Å². The van der Waals surface area contributed by atoms with Crippen molar-refractivity contribution in [3.05, 3.63) is 36.0 Å². The highest BCUT2D eigenvalue weighted by atomic mass is 16.5. The summed E-state index contributed by atoms with van der Waals surface area (Å²) in [5.41, 5.74) is 2.08. The van der Waals surface area contributed by atoms with Crippen molar-refractivity contribution in [3.63, 3.8) is 0 Å². The van der Waals surface area contributed by atoms with Crippen molar-refractivity contribution < 1.29 is 9.53 Å². The Kier molecular flexibility index (Phi) is 4.65. The van der Waals surface area contributed by atoms with E-state index in [1.165, 1.54) is 44.0 Å². The van der Waals surface area contributed by atoms with Crippen molar-refractivity contribution in [1.82, 2.24) is 14.8 Å². The standard InChI is InChI=1S/C25H33N3O2/c29-24(26-25-14-18-11-19(15-25)13-20(12-18)16-25)22-17-28(23-4-2-1-3-21(22)23)6-5-27-7-9-30-10-8-27/h1-4,17-20H,5-16H2,(H,26,29). The second-order valence-corrected chi connectivity index (χ2v) is 10.4.